The number of rotatable bonds is 2. The van der Waals surface area contributed by atoms with Gasteiger partial charge in [-0.25, -0.2) is 15.0 Å². The molecule has 2 aromatic rings. The van der Waals surface area contributed by atoms with Crippen LogP contribution in [0, 0.1) is 13.8 Å². The van der Waals surface area contributed by atoms with Crippen molar-refractivity contribution in [2.45, 2.75) is 19.9 Å². The molecule has 0 radical (unpaired) electrons. The number of carbonyl (C=O) groups excluding carboxylic acids is 1. The molecule has 1 fully saturated rings. The van der Waals surface area contributed by atoms with Crippen LogP contribution in [0.25, 0.3) is 0 Å². The van der Waals surface area contributed by atoms with Gasteiger partial charge >= 0.3 is 0 Å². The highest BCUT2D eigenvalue weighted by Gasteiger charge is 2.31. The third kappa shape index (κ3) is 3.11. The molecule has 23 heavy (non-hydrogen) atoms. The molecule has 3 heterocycles. The van der Waals surface area contributed by atoms with Crippen LogP contribution in [0.5, 0.6) is 0 Å². The van der Waals surface area contributed by atoms with Gasteiger partial charge in [-0.3, -0.25) is 9.59 Å². The third-order valence-electron chi connectivity index (χ3n) is 3.75. The molecule has 1 N–H and O–H groups in total. The molecular weight excluding hydrogens is 298 g/mol. The molecule has 8 nitrogen and oxygen atoms in total. The average molecular weight is 315 g/mol. The second-order valence-corrected chi connectivity index (χ2v) is 5.37. The number of carbonyl (C=O) groups is 1. The van der Waals surface area contributed by atoms with Crippen molar-refractivity contribution in [3.63, 3.8) is 0 Å². The maximum atomic E-state index is 12.9. The van der Waals surface area contributed by atoms with Crippen LogP contribution in [-0.2, 0) is 4.74 Å². The number of nitrogens with zero attached hydrogens (tertiary/aromatic N) is 4. The Morgan fingerprint density at radius 2 is 2.26 bits per heavy atom. The number of morpholine rings is 1. The second kappa shape index (κ2) is 6.25. The van der Waals surface area contributed by atoms with Gasteiger partial charge in [-0.15, -0.1) is 0 Å². The maximum Gasteiger partial charge on any atom is 0.257 e. The van der Waals surface area contributed by atoms with Gasteiger partial charge in [-0.1, -0.05) is 0 Å². The summed E-state index contributed by atoms with van der Waals surface area (Å²) in [5.74, 6) is 0.320. The summed E-state index contributed by atoms with van der Waals surface area (Å²) in [5.41, 5.74) is 1.34. The van der Waals surface area contributed by atoms with Crippen molar-refractivity contribution in [3.05, 3.63) is 51.7 Å². The van der Waals surface area contributed by atoms with Crippen LogP contribution in [-0.4, -0.2) is 50.5 Å². The molecule has 0 unspecified atom stereocenters. The smallest absolute Gasteiger partial charge is 0.257 e. The van der Waals surface area contributed by atoms with Crippen LogP contribution in [0.1, 0.15) is 33.6 Å². The van der Waals surface area contributed by atoms with Gasteiger partial charge in [0.05, 0.1) is 36.2 Å². The Bertz CT molecular complexity index is 789. The summed E-state index contributed by atoms with van der Waals surface area (Å²) < 4.78 is 5.49. The summed E-state index contributed by atoms with van der Waals surface area (Å²) in [6.45, 7) is 4.63. The van der Waals surface area contributed by atoms with E-state index in [9.17, 15) is 9.59 Å². The molecule has 1 aliphatic rings. The lowest BCUT2D eigenvalue weighted by Crippen LogP contribution is -2.44. The minimum atomic E-state index is -0.406. The van der Waals surface area contributed by atoms with Crippen LogP contribution in [0.2, 0.25) is 0 Å². The molecule has 0 spiro atoms. The molecule has 0 aliphatic carbocycles. The molecule has 2 aromatic heterocycles. The van der Waals surface area contributed by atoms with Crippen LogP contribution >= 0.6 is 0 Å². The summed E-state index contributed by atoms with van der Waals surface area (Å²) in [6.07, 6.45) is 2.91. The van der Waals surface area contributed by atoms with Gasteiger partial charge in [0.25, 0.3) is 11.5 Å². The summed E-state index contributed by atoms with van der Waals surface area (Å²) >= 11 is 0. The fraction of sp³-hybridized carbons (Fsp3) is 0.400. The van der Waals surface area contributed by atoms with Crippen molar-refractivity contribution in [2.24, 2.45) is 0 Å². The maximum absolute atomic E-state index is 12.9. The fourth-order valence-electron chi connectivity index (χ4n) is 2.62. The van der Waals surface area contributed by atoms with E-state index in [0.29, 0.717) is 42.5 Å². The van der Waals surface area contributed by atoms with E-state index < -0.39 is 6.04 Å². The molecule has 1 saturated heterocycles. The predicted molar refractivity (Wildman–Crippen MR) is 81.0 cm³/mol. The van der Waals surface area contributed by atoms with E-state index in [-0.39, 0.29) is 11.5 Å². The topological polar surface area (TPSA) is 101 Å². The van der Waals surface area contributed by atoms with Crippen LogP contribution in [0.3, 0.4) is 0 Å². The Morgan fingerprint density at radius 1 is 1.43 bits per heavy atom. The first-order chi connectivity index (χ1) is 11.1. The van der Waals surface area contributed by atoms with E-state index in [1.54, 1.807) is 18.7 Å². The molecule has 1 atom stereocenters. The van der Waals surface area contributed by atoms with Crippen molar-refractivity contribution >= 4 is 5.91 Å². The largest absolute Gasteiger partial charge is 0.377 e. The van der Waals surface area contributed by atoms with E-state index in [1.165, 1.54) is 18.6 Å². The van der Waals surface area contributed by atoms with Gasteiger partial charge in [0.1, 0.15) is 12.2 Å². The number of aryl methyl sites for hydroxylation is 2. The van der Waals surface area contributed by atoms with Gasteiger partial charge < -0.3 is 14.6 Å². The number of nitrogens with one attached hydrogen (secondary N) is 1. The summed E-state index contributed by atoms with van der Waals surface area (Å²) in [6, 6.07) is 0.998. The highest BCUT2D eigenvalue weighted by Crippen LogP contribution is 2.24. The normalized spacial score (nSPS) is 18.0. The Labute approximate surface area is 132 Å². The lowest BCUT2D eigenvalue weighted by molar-refractivity contribution is -0.00410. The first-order valence-electron chi connectivity index (χ1n) is 7.29. The zero-order valence-electron chi connectivity index (χ0n) is 12.9. The molecule has 120 valence electrons. The monoisotopic (exact) mass is 315 g/mol. The Morgan fingerprint density at radius 3 is 3.00 bits per heavy atom. The van der Waals surface area contributed by atoms with Gasteiger partial charge in [-0.2, -0.15) is 0 Å². The Balaban J connectivity index is 1.97. The number of hydrogen-bond donors (Lipinski definition) is 1. The Kier molecular flexibility index (Phi) is 4.16. The number of ether oxygens (including phenoxy) is 1. The van der Waals surface area contributed by atoms with Gasteiger partial charge in [0, 0.05) is 18.8 Å². The van der Waals surface area contributed by atoms with Crippen molar-refractivity contribution < 1.29 is 9.53 Å². The molecule has 0 saturated carbocycles. The van der Waals surface area contributed by atoms with Gasteiger partial charge in [0.2, 0.25) is 0 Å². The van der Waals surface area contributed by atoms with Crippen LogP contribution in [0.15, 0.2) is 23.4 Å². The van der Waals surface area contributed by atoms with Crippen molar-refractivity contribution in [3.8, 4) is 0 Å². The number of aromatic nitrogens is 4. The lowest BCUT2D eigenvalue weighted by atomic mass is 10.1. The summed E-state index contributed by atoms with van der Waals surface area (Å²) in [4.78, 5) is 41.1. The zero-order valence-corrected chi connectivity index (χ0v) is 12.9. The lowest BCUT2D eigenvalue weighted by Gasteiger charge is -2.35. The first kappa shape index (κ1) is 15.3. The average Bonchev–Trinajstić information content (AvgIpc) is 2.54. The van der Waals surface area contributed by atoms with Crippen molar-refractivity contribution in [2.75, 3.05) is 19.8 Å². The standard InChI is InChI=1S/C15H17N5O3/c1-9-11(6-16-8-17-9)15(22)20-3-4-23-7-13(20)12-5-14(21)19-10(2)18-12/h5-6,8,13H,3-4,7H2,1-2H3,(H,18,19,21)/t13-/m0/s1. The zero-order chi connectivity index (χ0) is 16.4. The SMILES string of the molecule is Cc1nc([C@@H]2COCCN2C(=O)c2cncnc2C)cc(=O)[nH]1. The highest BCUT2D eigenvalue weighted by molar-refractivity contribution is 5.95. The molecule has 3 rings (SSSR count). The molecule has 1 amide bonds. The minimum absolute atomic E-state index is 0.184. The molecular formula is C15H17N5O3. The predicted octanol–water partition coefficient (Wildman–Crippen LogP) is 0.390. The highest BCUT2D eigenvalue weighted by atomic mass is 16.5. The molecule has 0 bridgehead atoms. The first-order valence-corrected chi connectivity index (χ1v) is 7.29. The van der Waals surface area contributed by atoms with Gasteiger partial charge in [-0.05, 0) is 13.8 Å². The Hall–Kier alpha value is -2.61. The number of aromatic amines is 1. The van der Waals surface area contributed by atoms with Crippen LogP contribution in [0.4, 0.5) is 0 Å². The van der Waals surface area contributed by atoms with E-state index in [2.05, 4.69) is 19.9 Å². The van der Waals surface area contributed by atoms with Gasteiger partial charge in [0.15, 0.2) is 0 Å². The van der Waals surface area contributed by atoms with E-state index in [1.807, 2.05) is 0 Å². The minimum Gasteiger partial charge on any atom is -0.377 e. The number of H-pyrrole nitrogens is 1. The van der Waals surface area contributed by atoms with E-state index >= 15 is 0 Å². The quantitative estimate of drug-likeness (QED) is 0.860. The number of amides is 1. The molecule has 0 aromatic carbocycles. The van der Waals surface area contributed by atoms with Crippen molar-refractivity contribution in [1.82, 2.24) is 24.8 Å². The van der Waals surface area contributed by atoms with Crippen LogP contribution < -0.4 is 5.56 Å². The summed E-state index contributed by atoms with van der Waals surface area (Å²) in [5, 5.41) is 0. The second-order valence-electron chi connectivity index (χ2n) is 5.37. The van der Waals surface area contributed by atoms with E-state index in [4.69, 9.17) is 4.74 Å². The summed E-state index contributed by atoms with van der Waals surface area (Å²) in [7, 11) is 0. The van der Waals surface area contributed by atoms with Crippen molar-refractivity contribution in [1.29, 1.82) is 0 Å². The fourth-order valence-corrected chi connectivity index (χ4v) is 2.62. The molecule has 8 heteroatoms. The molecule has 1 aliphatic heterocycles. The number of hydrogen-bond acceptors (Lipinski definition) is 6. The third-order valence-corrected chi connectivity index (χ3v) is 3.75. The van der Waals surface area contributed by atoms with E-state index in [0.717, 1.165) is 0 Å².